The number of nitrogens with zero attached hydrogens (tertiary/aromatic N) is 2. The summed E-state index contributed by atoms with van der Waals surface area (Å²) in [6, 6.07) is 20.0. The minimum Gasteiger partial charge on any atom is -0.352 e. The zero-order valence-corrected chi connectivity index (χ0v) is 26.1. The maximum Gasteiger partial charge on any atom is 0.264 e. The first-order chi connectivity index (χ1) is 20.1. The predicted molar refractivity (Wildman–Crippen MR) is 168 cm³/mol. The van der Waals surface area contributed by atoms with Gasteiger partial charge in [0.1, 0.15) is 12.6 Å². The number of aryl methyl sites for hydroxylation is 2. The summed E-state index contributed by atoms with van der Waals surface area (Å²) in [5, 5.41) is 3.52. The quantitative estimate of drug-likeness (QED) is 0.272. The molecule has 1 atom stereocenters. The highest BCUT2D eigenvalue weighted by molar-refractivity contribution is 7.92. The van der Waals surface area contributed by atoms with E-state index in [0.717, 1.165) is 53.1 Å². The lowest BCUT2D eigenvalue weighted by Crippen LogP contribution is -2.54. The smallest absolute Gasteiger partial charge is 0.264 e. The molecule has 0 bridgehead atoms. The minimum atomic E-state index is -4.14. The number of nitrogens with one attached hydrogen (secondary N) is 1. The summed E-state index contributed by atoms with van der Waals surface area (Å²) in [4.78, 5) is 29.5. The molecule has 42 heavy (non-hydrogen) atoms. The molecule has 0 aliphatic heterocycles. The molecule has 0 spiro atoms. The molecule has 2 amide bonds. The van der Waals surface area contributed by atoms with Gasteiger partial charge in [0.15, 0.2) is 0 Å². The average molecular weight is 610 g/mol. The molecule has 1 N–H and O–H groups in total. The molecule has 0 saturated heterocycles. The van der Waals surface area contributed by atoms with Crippen LogP contribution in [0.25, 0.3) is 0 Å². The molecule has 1 saturated carbocycles. The van der Waals surface area contributed by atoms with Gasteiger partial charge in [-0.15, -0.1) is 0 Å². The van der Waals surface area contributed by atoms with Crippen LogP contribution in [0.3, 0.4) is 0 Å². The lowest BCUT2D eigenvalue weighted by atomic mass is 9.95. The third kappa shape index (κ3) is 7.92. The number of carbonyl (C=O) groups excluding carboxylic acids is 2. The molecule has 0 aromatic heterocycles. The average Bonchev–Trinajstić information content (AvgIpc) is 2.96. The first kappa shape index (κ1) is 31.6. The second kappa shape index (κ2) is 14.2. The Balaban J connectivity index is 1.71. The first-order valence-corrected chi connectivity index (χ1v) is 16.4. The SMILES string of the molecule is CCC(C(=O)NC1CCCCC1)N(Cc1cccc(C)c1)C(=O)CN(c1cccc(Cl)c1)S(=O)(=O)c1ccc(C)cc1. The zero-order chi connectivity index (χ0) is 30.3. The number of rotatable bonds is 11. The van der Waals surface area contributed by atoms with Crippen molar-refractivity contribution in [3.8, 4) is 0 Å². The van der Waals surface area contributed by atoms with Gasteiger partial charge < -0.3 is 10.2 Å². The van der Waals surface area contributed by atoms with Gasteiger partial charge >= 0.3 is 0 Å². The molecule has 7 nitrogen and oxygen atoms in total. The van der Waals surface area contributed by atoms with Crippen molar-refractivity contribution >= 4 is 39.1 Å². The van der Waals surface area contributed by atoms with Gasteiger partial charge in [0.25, 0.3) is 10.0 Å². The molecule has 1 aliphatic carbocycles. The number of halogens is 1. The Bertz CT molecular complexity index is 1490. The van der Waals surface area contributed by atoms with Crippen LogP contribution in [0, 0.1) is 13.8 Å². The standard InChI is InChI=1S/C33H40ClN3O4S/c1-4-31(33(39)35-28-13-6-5-7-14-28)36(22-26-11-8-10-25(3)20-26)32(38)23-37(29-15-9-12-27(34)21-29)42(40,41)30-18-16-24(2)17-19-30/h8-12,15-21,28,31H,4-7,13-14,22-23H2,1-3H3,(H,35,39). The normalized spacial score (nSPS) is 14.7. The van der Waals surface area contributed by atoms with Gasteiger partial charge in [0.05, 0.1) is 10.6 Å². The molecule has 0 heterocycles. The van der Waals surface area contributed by atoms with Gasteiger partial charge in [-0.1, -0.05) is 91.4 Å². The van der Waals surface area contributed by atoms with Crippen LogP contribution in [0.1, 0.15) is 62.1 Å². The number of carbonyl (C=O) groups is 2. The highest BCUT2D eigenvalue weighted by Gasteiger charge is 2.34. The van der Waals surface area contributed by atoms with Crippen molar-refractivity contribution in [3.63, 3.8) is 0 Å². The van der Waals surface area contributed by atoms with Crippen molar-refractivity contribution < 1.29 is 18.0 Å². The summed E-state index contributed by atoms with van der Waals surface area (Å²) in [6.07, 6.45) is 5.53. The number of anilines is 1. The van der Waals surface area contributed by atoms with Crippen LogP contribution < -0.4 is 9.62 Å². The van der Waals surface area contributed by atoms with Crippen LogP contribution in [0.15, 0.2) is 77.7 Å². The molecule has 1 aliphatic rings. The van der Waals surface area contributed by atoms with E-state index in [2.05, 4.69) is 5.32 Å². The fourth-order valence-electron chi connectivity index (χ4n) is 5.47. The van der Waals surface area contributed by atoms with Crippen LogP contribution in [0.4, 0.5) is 5.69 Å². The molecule has 9 heteroatoms. The van der Waals surface area contributed by atoms with Crippen molar-refractivity contribution in [2.75, 3.05) is 10.8 Å². The van der Waals surface area contributed by atoms with E-state index in [1.165, 1.54) is 23.1 Å². The van der Waals surface area contributed by atoms with Crippen molar-refractivity contribution in [1.29, 1.82) is 0 Å². The summed E-state index contributed by atoms with van der Waals surface area (Å²) in [6.45, 7) is 5.40. The Morgan fingerprint density at radius 1 is 0.929 bits per heavy atom. The molecule has 224 valence electrons. The first-order valence-electron chi connectivity index (χ1n) is 14.6. The van der Waals surface area contributed by atoms with Gasteiger partial charge in [-0.3, -0.25) is 13.9 Å². The second-order valence-corrected chi connectivity index (χ2v) is 13.4. The van der Waals surface area contributed by atoms with Crippen molar-refractivity contribution in [2.45, 2.75) is 82.8 Å². The van der Waals surface area contributed by atoms with Gasteiger partial charge in [-0.05, 0) is 69.0 Å². The maximum atomic E-state index is 14.2. The third-order valence-corrected chi connectivity index (χ3v) is 9.78. The Morgan fingerprint density at radius 3 is 2.26 bits per heavy atom. The molecule has 1 fully saturated rings. The topological polar surface area (TPSA) is 86.8 Å². The highest BCUT2D eigenvalue weighted by atomic mass is 35.5. The fraction of sp³-hybridized carbons (Fsp3) is 0.394. The van der Waals surface area contributed by atoms with E-state index in [9.17, 15) is 18.0 Å². The number of sulfonamides is 1. The van der Waals surface area contributed by atoms with Crippen molar-refractivity contribution in [3.05, 3.63) is 94.5 Å². The molecular formula is C33H40ClN3O4S. The van der Waals surface area contributed by atoms with Crippen LogP contribution in [-0.2, 0) is 26.2 Å². The van der Waals surface area contributed by atoms with Gasteiger partial charge in [0.2, 0.25) is 11.8 Å². The summed E-state index contributed by atoms with van der Waals surface area (Å²) in [7, 11) is -4.14. The van der Waals surface area contributed by atoms with Crippen LogP contribution in [0.5, 0.6) is 0 Å². The molecule has 0 radical (unpaired) electrons. The van der Waals surface area contributed by atoms with E-state index < -0.39 is 28.5 Å². The largest absolute Gasteiger partial charge is 0.352 e. The predicted octanol–water partition coefficient (Wildman–Crippen LogP) is 6.41. The molecule has 3 aromatic rings. The summed E-state index contributed by atoms with van der Waals surface area (Å²) in [5.74, 6) is -0.682. The van der Waals surface area contributed by atoms with Crippen molar-refractivity contribution in [2.24, 2.45) is 0 Å². The molecule has 3 aromatic carbocycles. The number of hydrogen-bond acceptors (Lipinski definition) is 4. The number of amides is 2. The lowest BCUT2D eigenvalue weighted by Gasteiger charge is -2.34. The monoisotopic (exact) mass is 609 g/mol. The van der Waals surface area contributed by atoms with Crippen LogP contribution >= 0.6 is 11.6 Å². The fourth-order valence-corrected chi connectivity index (χ4v) is 7.06. The molecule has 4 rings (SSSR count). The maximum absolute atomic E-state index is 14.2. The summed E-state index contributed by atoms with van der Waals surface area (Å²) >= 11 is 6.26. The Hall–Kier alpha value is -3.36. The minimum absolute atomic E-state index is 0.0631. The summed E-state index contributed by atoms with van der Waals surface area (Å²) < 4.78 is 29.1. The summed E-state index contributed by atoms with van der Waals surface area (Å²) in [5.41, 5.74) is 3.08. The lowest BCUT2D eigenvalue weighted by molar-refractivity contribution is -0.140. The van der Waals surface area contributed by atoms with E-state index in [1.54, 1.807) is 30.3 Å². The van der Waals surface area contributed by atoms with Gasteiger partial charge in [-0.2, -0.15) is 0 Å². The number of hydrogen-bond donors (Lipinski definition) is 1. The zero-order valence-electron chi connectivity index (χ0n) is 24.6. The second-order valence-electron chi connectivity index (χ2n) is 11.1. The Morgan fingerprint density at radius 2 is 1.62 bits per heavy atom. The van der Waals surface area contributed by atoms with Gasteiger partial charge in [0, 0.05) is 17.6 Å². The number of benzene rings is 3. The van der Waals surface area contributed by atoms with E-state index in [-0.39, 0.29) is 29.1 Å². The Labute approximate surface area is 254 Å². The van der Waals surface area contributed by atoms with E-state index in [4.69, 9.17) is 11.6 Å². The van der Waals surface area contributed by atoms with Crippen LogP contribution in [-0.4, -0.2) is 43.8 Å². The van der Waals surface area contributed by atoms with E-state index >= 15 is 0 Å². The third-order valence-electron chi connectivity index (χ3n) is 7.76. The van der Waals surface area contributed by atoms with Gasteiger partial charge in [-0.25, -0.2) is 8.42 Å². The molecular weight excluding hydrogens is 570 g/mol. The van der Waals surface area contributed by atoms with Crippen molar-refractivity contribution in [1.82, 2.24) is 10.2 Å². The van der Waals surface area contributed by atoms with E-state index in [1.807, 2.05) is 45.0 Å². The van der Waals surface area contributed by atoms with Crippen LogP contribution in [0.2, 0.25) is 5.02 Å². The highest BCUT2D eigenvalue weighted by Crippen LogP contribution is 2.27. The van der Waals surface area contributed by atoms with E-state index in [0.29, 0.717) is 11.4 Å². The molecule has 1 unspecified atom stereocenters. The Kier molecular flexibility index (Phi) is 10.7.